The third-order valence-corrected chi connectivity index (χ3v) is 3.28. The molecule has 1 aliphatic carbocycles. The van der Waals surface area contributed by atoms with Gasteiger partial charge >= 0.3 is 6.18 Å². The maximum atomic E-state index is 13.3. The molecule has 0 bridgehead atoms. The topological polar surface area (TPSA) is 38.0 Å². The summed E-state index contributed by atoms with van der Waals surface area (Å²) in [6.07, 6.45) is 5.68. The predicted octanol–water partition coefficient (Wildman–Crippen LogP) is 2.24. The Morgan fingerprint density at radius 3 is 2.74 bits per heavy atom. The zero-order valence-electron chi connectivity index (χ0n) is 10.9. The van der Waals surface area contributed by atoms with Gasteiger partial charge in [-0.3, -0.25) is 0 Å². The van der Waals surface area contributed by atoms with Crippen LogP contribution in [0, 0.1) is 23.7 Å². The molecule has 0 aromatic rings. The van der Waals surface area contributed by atoms with E-state index < -0.39 is 17.5 Å². The monoisotopic (exact) mass is 272 g/mol. The summed E-state index contributed by atoms with van der Waals surface area (Å²) in [5.41, 5.74) is 4.55. The minimum Gasteiger partial charge on any atom is -0.329 e. The van der Waals surface area contributed by atoms with Gasteiger partial charge in [-0.25, -0.2) is 0 Å². The second kappa shape index (κ2) is 6.27. The molecule has 3 N–H and O–H groups in total. The van der Waals surface area contributed by atoms with Gasteiger partial charge < -0.3 is 11.1 Å². The van der Waals surface area contributed by atoms with Gasteiger partial charge in [0.2, 0.25) is 0 Å². The fraction of sp³-hybridized carbons (Fsp3) is 0.571. The van der Waals surface area contributed by atoms with Crippen molar-refractivity contribution in [2.75, 3.05) is 19.6 Å². The summed E-state index contributed by atoms with van der Waals surface area (Å²) >= 11 is 0. The minimum atomic E-state index is -4.31. The maximum Gasteiger partial charge on any atom is 0.396 e. The van der Waals surface area contributed by atoms with Crippen LogP contribution in [0.1, 0.15) is 13.3 Å². The van der Waals surface area contributed by atoms with Crippen molar-refractivity contribution in [1.29, 1.82) is 0 Å². The van der Waals surface area contributed by atoms with Gasteiger partial charge in [0.05, 0.1) is 5.92 Å². The highest BCUT2D eigenvalue weighted by Crippen LogP contribution is 2.48. The molecule has 1 rings (SSSR count). The van der Waals surface area contributed by atoms with Crippen LogP contribution in [-0.2, 0) is 0 Å². The van der Waals surface area contributed by atoms with Crippen LogP contribution < -0.4 is 11.1 Å². The van der Waals surface area contributed by atoms with E-state index in [0.29, 0.717) is 18.7 Å². The Labute approximate surface area is 111 Å². The molecular formula is C14H19F3N2. The van der Waals surface area contributed by atoms with Gasteiger partial charge in [-0.2, -0.15) is 13.2 Å². The number of hydrogen-bond acceptors (Lipinski definition) is 2. The highest BCUT2D eigenvalue weighted by atomic mass is 19.4. The van der Waals surface area contributed by atoms with Gasteiger partial charge in [0.1, 0.15) is 0 Å². The number of allylic oxidation sites excluding steroid dienone is 3. The van der Waals surface area contributed by atoms with E-state index in [1.807, 2.05) is 0 Å². The fourth-order valence-corrected chi connectivity index (χ4v) is 2.47. The Morgan fingerprint density at radius 1 is 1.53 bits per heavy atom. The molecule has 5 heteroatoms. The van der Waals surface area contributed by atoms with Crippen molar-refractivity contribution >= 4 is 0 Å². The number of nitrogens with one attached hydrogen (secondary N) is 1. The second-order valence-corrected chi connectivity index (χ2v) is 4.93. The number of halogens is 3. The lowest BCUT2D eigenvalue weighted by molar-refractivity contribution is -0.186. The summed E-state index contributed by atoms with van der Waals surface area (Å²) in [7, 11) is 0. The van der Waals surface area contributed by atoms with Crippen LogP contribution in [0.5, 0.6) is 0 Å². The van der Waals surface area contributed by atoms with Crippen LogP contribution in [0.2, 0.25) is 0 Å². The first kappa shape index (κ1) is 15.8. The molecule has 1 aliphatic rings. The first-order valence-corrected chi connectivity index (χ1v) is 6.14. The van der Waals surface area contributed by atoms with Crippen molar-refractivity contribution in [2.24, 2.45) is 17.1 Å². The normalized spacial score (nSPS) is 26.9. The Bertz CT molecular complexity index is 404. The van der Waals surface area contributed by atoms with Gasteiger partial charge in [0.15, 0.2) is 0 Å². The zero-order valence-corrected chi connectivity index (χ0v) is 10.9. The average molecular weight is 272 g/mol. The minimum absolute atomic E-state index is 0.0574. The van der Waals surface area contributed by atoms with Crippen molar-refractivity contribution in [2.45, 2.75) is 19.5 Å². The van der Waals surface area contributed by atoms with Gasteiger partial charge in [-0.15, -0.1) is 12.3 Å². The van der Waals surface area contributed by atoms with E-state index in [2.05, 4.69) is 11.2 Å². The van der Waals surface area contributed by atoms with Crippen molar-refractivity contribution in [3.05, 3.63) is 23.8 Å². The molecule has 0 saturated heterocycles. The molecule has 0 radical (unpaired) electrons. The summed E-state index contributed by atoms with van der Waals surface area (Å²) in [5.74, 6) is 0.799. The van der Waals surface area contributed by atoms with E-state index in [1.165, 1.54) is 6.08 Å². The molecule has 0 aliphatic heterocycles. The molecule has 0 amide bonds. The predicted molar refractivity (Wildman–Crippen MR) is 70.2 cm³/mol. The van der Waals surface area contributed by atoms with E-state index in [4.69, 9.17) is 12.2 Å². The first-order chi connectivity index (χ1) is 8.85. The molecule has 0 aromatic heterocycles. The Morgan fingerprint density at radius 2 is 2.21 bits per heavy atom. The van der Waals surface area contributed by atoms with Gasteiger partial charge in [0.25, 0.3) is 0 Å². The molecule has 2 unspecified atom stereocenters. The molecular weight excluding hydrogens is 253 g/mol. The zero-order chi connectivity index (χ0) is 14.5. The van der Waals surface area contributed by atoms with Crippen LogP contribution in [0.15, 0.2) is 23.8 Å². The van der Waals surface area contributed by atoms with Crippen LogP contribution in [0.4, 0.5) is 13.2 Å². The number of terminal acetylenes is 1. The molecule has 0 spiro atoms. The Hall–Kier alpha value is -1.25. The fourth-order valence-electron chi connectivity index (χ4n) is 2.47. The van der Waals surface area contributed by atoms with E-state index in [-0.39, 0.29) is 13.0 Å². The summed E-state index contributed by atoms with van der Waals surface area (Å²) in [4.78, 5) is 0. The lowest BCUT2D eigenvalue weighted by Crippen LogP contribution is -2.42. The van der Waals surface area contributed by atoms with Crippen LogP contribution in [0.3, 0.4) is 0 Å². The smallest absolute Gasteiger partial charge is 0.329 e. The van der Waals surface area contributed by atoms with Gasteiger partial charge in [0, 0.05) is 31.5 Å². The van der Waals surface area contributed by atoms with Gasteiger partial charge in [-0.05, 0) is 5.57 Å². The molecule has 0 heterocycles. The lowest BCUT2D eigenvalue weighted by Gasteiger charge is -2.39. The number of rotatable bonds is 5. The van der Waals surface area contributed by atoms with Crippen molar-refractivity contribution in [1.82, 2.24) is 5.32 Å². The SMILES string of the molecule is C#CCC1(C)C=CC=C(CNCCN)C1C(F)(F)F. The van der Waals surface area contributed by atoms with Crippen LogP contribution in [-0.4, -0.2) is 25.8 Å². The molecule has 0 fully saturated rings. The van der Waals surface area contributed by atoms with Crippen molar-refractivity contribution in [3.63, 3.8) is 0 Å². The largest absolute Gasteiger partial charge is 0.396 e. The Balaban J connectivity index is 2.98. The molecule has 2 atom stereocenters. The van der Waals surface area contributed by atoms with E-state index in [9.17, 15) is 13.2 Å². The number of nitrogens with two attached hydrogens (primary N) is 1. The Kier molecular flexibility index (Phi) is 5.21. The number of alkyl halides is 3. The molecule has 106 valence electrons. The van der Waals surface area contributed by atoms with Crippen molar-refractivity contribution in [3.8, 4) is 12.3 Å². The summed E-state index contributed by atoms with van der Waals surface area (Å²) in [6, 6.07) is 0. The molecule has 0 aromatic carbocycles. The third kappa shape index (κ3) is 3.85. The standard InChI is InChI=1S/C14H19F3N2/c1-3-6-13(2)7-4-5-11(10-19-9-8-18)12(13)14(15,16)17/h1,4-5,7,12,19H,6,8-10,18H2,2H3. The molecule has 0 saturated carbocycles. The van der Waals surface area contributed by atoms with Crippen LogP contribution in [0.25, 0.3) is 0 Å². The maximum absolute atomic E-state index is 13.3. The summed E-state index contributed by atoms with van der Waals surface area (Å²) < 4.78 is 40.0. The number of hydrogen-bond donors (Lipinski definition) is 2. The highest BCUT2D eigenvalue weighted by Gasteiger charge is 2.52. The van der Waals surface area contributed by atoms with E-state index >= 15 is 0 Å². The molecule has 19 heavy (non-hydrogen) atoms. The summed E-state index contributed by atoms with van der Waals surface area (Å²) in [6.45, 7) is 2.60. The molecule has 2 nitrogen and oxygen atoms in total. The first-order valence-electron chi connectivity index (χ1n) is 6.14. The van der Waals surface area contributed by atoms with Crippen LogP contribution >= 0.6 is 0 Å². The van der Waals surface area contributed by atoms with Gasteiger partial charge in [-0.1, -0.05) is 25.2 Å². The summed E-state index contributed by atoms with van der Waals surface area (Å²) in [5, 5.41) is 2.91. The quantitative estimate of drug-likeness (QED) is 0.595. The van der Waals surface area contributed by atoms with E-state index in [1.54, 1.807) is 19.1 Å². The lowest BCUT2D eigenvalue weighted by atomic mass is 9.68. The average Bonchev–Trinajstić information content (AvgIpc) is 2.27. The third-order valence-electron chi connectivity index (χ3n) is 3.28. The second-order valence-electron chi connectivity index (χ2n) is 4.93. The highest BCUT2D eigenvalue weighted by molar-refractivity contribution is 5.30. The van der Waals surface area contributed by atoms with E-state index in [0.717, 1.165) is 0 Å². The van der Waals surface area contributed by atoms with Crippen molar-refractivity contribution < 1.29 is 13.2 Å².